The minimum absolute atomic E-state index is 0.0728. The first-order valence-corrected chi connectivity index (χ1v) is 22.3. The minimum Gasteiger partial charge on any atom is -0.456 e. The van der Waals surface area contributed by atoms with Gasteiger partial charge in [0.1, 0.15) is 29.0 Å². The second-order valence-corrected chi connectivity index (χ2v) is 18.3. The first kappa shape index (κ1) is 42.0. The first-order valence-electron chi connectivity index (χ1n) is 19.0. The second-order valence-electron chi connectivity index (χ2n) is 14.8. The van der Waals surface area contributed by atoms with Gasteiger partial charge in [-0.25, -0.2) is 13.2 Å². The van der Waals surface area contributed by atoms with E-state index >= 15 is 0 Å². The van der Waals surface area contributed by atoms with Crippen molar-refractivity contribution in [2.45, 2.75) is 35.8 Å². The van der Waals surface area contributed by atoms with Crippen molar-refractivity contribution in [3.8, 4) is 34.1 Å². The fourth-order valence-electron chi connectivity index (χ4n) is 7.49. The first-order chi connectivity index (χ1) is 29.3. The summed E-state index contributed by atoms with van der Waals surface area (Å²) in [6, 6.07) is 23.4. The van der Waals surface area contributed by atoms with E-state index in [1.54, 1.807) is 29.2 Å². The number of hydrogen-bond acceptors (Lipinski definition) is 12. The van der Waals surface area contributed by atoms with Crippen molar-refractivity contribution in [2.24, 2.45) is 0 Å². The monoisotopic (exact) mass is 892 g/mol. The highest BCUT2D eigenvalue weighted by molar-refractivity contribution is 7.90. The number of sulfone groups is 1. The van der Waals surface area contributed by atoms with Crippen molar-refractivity contribution in [1.29, 1.82) is 0 Å². The fraction of sp³-hybridized carbons (Fsp3) is 0.238. The van der Waals surface area contributed by atoms with E-state index < -0.39 is 49.3 Å². The van der Waals surface area contributed by atoms with Crippen LogP contribution in [0.5, 0.6) is 23.0 Å². The van der Waals surface area contributed by atoms with Crippen molar-refractivity contribution in [1.82, 2.24) is 15.1 Å². The van der Waals surface area contributed by atoms with Crippen LogP contribution in [-0.2, 0) is 36.1 Å². The Kier molecular flexibility index (Phi) is 10.8. The molecule has 322 valence electrons. The topological polar surface area (TPSA) is 186 Å². The Bertz CT molecular complexity index is 2870. The zero-order valence-corrected chi connectivity index (χ0v) is 34.2. The van der Waals surface area contributed by atoms with Crippen LogP contribution >= 0.6 is 0 Å². The van der Waals surface area contributed by atoms with E-state index in [1.807, 2.05) is 12.1 Å². The number of fused-ring (bicyclic) bond motifs is 2. The van der Waals surface area contributed by atoms with Crippen LogP contribution in [0.1, 0.15) is 28.8 Å². The van der Waals surface area contributed by atoms with Crippen molar-refractivity contribution >= 4 is 60.2 Å². The SMILES string of the molecule is CS(=O)(=O)c1ccc(-c2ccc3cc(OS(=O)(=O)C(F)(F)F)ccc3c2Oc2ccc(OC(=O)N3CCN(c4ccc5c(c4)CN(C4CCC(=O)NC4=O)C5=O)CC3)cc2)cc1. The molecule has 1 atom stereocenters. The lowest BCUT2D eigenvalue weighted by atomic mass is 9.99. The number of hydrogen-bond donors (Lipinski definition) is 1. The molecule has 15 nitrogen and oxygen atoms in total. The van der Waals surface area contributed by atoms with Crippen LogP contribution in [0.25, 0.3) is 21.9 Å². The van der Waals surface area contributed by atoms with E-state index in [9.17, 15) is 49.2 Å². The number of anilines is 1. The number of benzene rings is 5. The van der Waals surface area contributed by atoms with E-state index in [-0.39, 0.29) is 58.7 Å². The van der Waals surface area contributed by atoms with Gasteiger partial charge in [0.15, 0.2) is 9.84 Å². The van der Waals surface area contributed by atoms with E-state index in [4.69, 9.17) is 9.47 Å². The maximum atomic E-state index is 13.2. The zero-order chi connectivity index (χ0) is 44.1. The zero-order valence-electron chi connectivity index (χ0n) is 32.5. The summed E-state index contributed by atoms with van der Waals surface area (Å²) in [7, 11) is -9.45. The van der Waals surface area contributed by atoms with Gasteiger partial charge in [-0.2, -0.15) is 21.6 Å². The number of amides is 4. The number of piperazine rings is 1. The highest BCUT2D eigenvalue weighted by Gasteiger charge is 2.48. The molecule has 0 aliphatic carbocycles. The molecule has 2 saturated heterocycles. The Morgan fingerprint density at radius 2 is 1.44 bits per heavy atom. The summed E-state index contributed by atoms with van der Waals surface area (Å²) in [5.41, 5.74) is -2.52. The molecule has 0 saturated carbocycles. The molecule has 0 spiro atoms. The molecule has 62 heavy (non-hydrogen) atoms. The Morgan fingerprint density at radius 1 is 0.774 bits per heavy atom. The largest absolute Gasteiger partial charge is 0.534 e. The van der Waals surface area contributed by atoms with Crippen molar-refractivity contribution in [2.75, 3.05) is 37.3 Å². The van der Waals surface area contributed by atoms with Gasteiger partial charge in [0, 0.05) is 67.6 Å². The normalized spacial score (nSPS) is 17.2. The van der Waals surface area contributed by atoms with Gasteiger partial charge < -0.3 is 28.4 Å². The third kappa shape index (κ3) is 8.47. The molecular weight excluding hydrogens is 858 g/mol. The van der Waals surface area contributed by atoms with Gasteiger partial charge in [-0.1, -0.05) is 18.2 Å². The van der Waals surface area contributed by atoms with Gasteiger partial charge in [-0.3, -0.25) is 19.7 Å². The number of nitrogens with zero attached hydrogens (tertiary/aromatic N) is 3. The Morgan fingerprint density at radius 3 is 2.10 bits per heavy atom. The molecule has 0 aromatic heterocycles. The van der Waals surface area contributed by atoms with Crippen LogP contribution in [0, 0.1) is 0 Å². The van der Waals surface area contributed by atoms with Crippen LogP contribution in [0.15, 0.2) is 102 Å². The van der Waals surface area contributed by atoms with E-state index in [1.165, 1.54) is 53.4 Å². The van der Waals surface area contributed by atoms with Crippen LogP contribution in [0.2, 0.25) is 0 Å². The molecule has 3 heterocycles. The summed E-state index contributed by atoms with van der Waals surface area (Å²) in [5, 5.41) is 2.92. The standard InChI is InChI=1S/C42H35F3N4O11S2/c1-61(54,55)32-11-2-25(3-12-32)33-13-4-26-23-31(60-62(56,57)42(43,44)45)10-15-34(26)38(33)58-29-6-8-30(9-7-29)59-41(53)48-20-18-47(19-21-48)28-5-14-35-27(22-28)24-49(40(35)52)36-16-17-37(50)46-39(36)51/h2-15,22-23,36H,16-21,24H2,1H3,(H,46,50,51). The van der Waals surface area contributed by atoms with Crippen molar-refractivity contribution in [3.05, 3.63) is 108 Å². The van der Waals surface area contributed by atoms with Gasteiger partial charge in [0.05, 0.1) is 4.90 Å². The number of ether oxygens (including phenoxy) is 2. The van der Waals surface area contributed by atoms with Gasteiger partial charge in [0.2, 0.25) is 11.8 Å². The Balaban J connectivity index is 0.940. The lowest BCUT2D eigenvalue weighted by Crippen LogP contribution is -2.52. The Labute approximate surface area is 352 Å². The van der Waals surface area contributed by atoms with Crippen LogP contribution < -0.4 is 23.9 Å². The highest BCUT2D eigenvalue weighted by Crippen LogP contribution is 2.42. The quantitative estimate of drug-likeness (QED) is 0.103. The molecule has 20 heteroatoms. The number of carbonyl (C=O) groups excluding carboxylic acids is 4. The molecule has 0 bridgehead atoms. The van der Waals surface area contributed by atoms with E-state index in [2.05, 4.69) is 14.4 Å². The van der Waals surface area contributed by atoms with E-state index in [0.717, 1.165) is 29.6 Å². The van der Waals surface area contributed by atoms with Crippen LogP contribution in [-0.4, -0.2) is 94.4 Å². The second kappa shape index (κ2) is 16.0. The molecule has 4 amide bonds. The molecule has 5 aromatic rings. The number of piperidine rings is 1. The van der Waals surface area contributed by atoms with Gasteiger partial charge in [0.25, 0.3) is 5.91 Å². The molecular formula is C42H35F3N4O11S2. The summed E-state index contributed by atoms with van der Waals surface area (Å²) in [6.45, 7) is 1.86. The summed E-state index contributed by atoms with van der Waals surface area (Å²) in [6.07, 6.45) is 0.910. The molecule has 2 fully saturated rings. The Hall–Kier alpha value is -6.67. The molecule has 8 rings (SSSR count). The maximum Gasteiger partial charge on any atom is 0.534 e. The summed E-state index contributed by atoms with van der Waals surface area (Å²) in [5.74, 6) is -1.02. The summed E-state index contributed by atoms with van der Waals surface area (Å²) >= 11 is 0. The van der Waals surface area contributed by atoms with Crippen LogP contribution in [0.4, 0.5) is 23.7 Å². The fourth-order valence-corrected chi connectivity index (χ4v) is 8.57. The average molecular weight is 893 g/mol. The number of rotatable bonds is 9. The third-order valence-electron chi connectivity index (χ3n) is 10.7. The molecule has 1 N–H and O–H groups in total. The summed E-state index contributed by atoms with van der Waals surface area (Å²) in [4.78, 5) is 55.6. The lowest BCUT2D eigenvalue weighted by molar-refractivity contribution is -0.136. The van der Waals surface area contributed by atoms with Crippen molar-refractivity contribution in [3.63, 3.8) is 0 Å². The van der Waals surface area contributed by atoms with Crippen molar-refractivity contribution < 1.29 is 62.8 Å². The molecule has 3 aliphatic rings. The van der Waals surface area contributed by atoms with Crippen LogP contribution in [0.3, 0.4) is 0 Å². The predicted molar refractivity (Wildman–Crippen MR) is 217 cm³/mol. The highest BCUT2D eigenvalue weighted by atomic mass is 32.2. The average Bonchev–Trinajstić information content (AvgIpc) is 3.55. The molecule has 5 aromatic carbocycles. The molecule has 3 aliphatic heterocycles. The number of imide groups is 1. The summed E-state index contributed by atoms with van der Waals surface area (Å²) < 4.78 is 103. The smallest absolute Gasteiger partial charge is 0.456 e. The van der Waals surface area contributed by atoms with E-state index in [0.29, 0.717) is 48.3 Å². The van der Waals surface area contributed by atoms with Gasteiger partial charge >= 0.3 is 21.7 Å². The maximum absolute atomic E-state index is 13.2. The van der Waals surface area contributed by atoms with Gasteiger partial charge in [-0.05, 0) is 102 Å². The molecule has 0 radical (unpaired) electrons. The number of alkyl halides is 3. The van der Waals surface area contributed by atoms with Gasteiger partial charge in [-0.15, -0.1) is 0 Å². The predicted octanol–water partition coefficient (Wildman–Crippen LogP) is 6.01. The number of nitrogens with one attached hydrogen (secondary N) is 1. The molecule has 1 unspecified atom stereocenters. The lowest BCUT2D eigenvalue weighted by Gasteiger charge is -2.35. The number of halogens is 3. The third-order valence-corrected chi connectivity index (χ3v) is 12.8. The minimum atomic E-state index is -5.94. The number of carbonyl (C=O) groups is 4.